The van der Waals surface area contributed by atoms with Crippen molar-refractivity contribution in [3.63, 3.8) is 0 Å². The molecule has 21 heavy (non-hydrogen) atoms. The fourth-order valence-electron chi connectivity index (χ4n) is 2.77. The summed E-state index contributed by atoms with van der Waals surface area (Å²) in [6, 6.07) is 0. The summed E-state index contributed by atoms with van der Waals surface area (Å²) in [6.45, 7) is 19.6. The van der Waals surface area contributed by atoms with E-state index in [0.29, 0.717) is 0 Å². The molecule has 1 aromatic rings. The first kappa shape index (κ1) is 18.1. The van der Waals surface area contributed by atoms with Crippen LogP contribution in [0.15, 0.2) is 4.99 Å². The molecule has 0 amide bonds. The van der Waals surface area contributed by atoms with Crippen LogP contribution in [0.2, 0.25) is 0 Å². The second-order valence-corrected chi connectivity index (χ2v) is 9.32. The molecule has 0 aliphatic heterocycles. The van der Waals surface area contributed by atoms with Crippen molar-refractivity contribution in [1.82, 2.24) is 0 Å². The smallest absolute Gasteiger partial charge is 0.200 e. The van der Waals surface area contributed by atoms with E-state index in [1.807, 2.05) is 11.3 Å². The highest BCUT2D eigenvalue weighted by atomic mass is 32.1. The van der Waals surface area contributed by atoms with Gasteiger partial charge in [0.25, 0.3) is 0 Å². The Morgan fingerprint density at radius 3 is 2.00 bits per heavy atom. The monoisotopic (exact) mass is 307 g/mol. The second kappa shape index (κ2) is 6.04. The molecule has 118 valence electrons. The maximum atomic E-state index is 4.35. The number of thiophene rings is 1. The van der Waals surface area contributed by atoms with Crippen LogP contribution in [-0.2, 0) is 6.42 Å². The zero-order valence-corrected chi connectivity index (χ0v) is 16.0. The minimum absolute atomic E-state index is 0.0826. The summed E-state index contributed by atoms with van der Waals surface area (Å²) in [6.07, 6.45) is 1.08. The molecule has 0 aliphatic carbocycles. The Kier molecular flexibility index (Phi) is 5.20. The molecular weight excluding hydrogens is 276 g/mol. The van der Waals surface area contributed by atoms with Gasteiger partial charge in [0.05, 0.1) is 5.69 Å². The highest BCUT2D eigenvalue weighted by Crippen LogP contribution is 2.41. The van der Waals surface area contributed by atoms with Crippen LogP contribution in [0.4, 0.5) is 5.69 Å². The van der Waals surface area contributed by atoms with Crippen molar-refractivity contribution in [3.8, 4) is 0 Å². The first-order valence-electron chi connectivity index (χ1n) is 7.52. The molecule has 1 heterocycles. The third kappa shape index (κ3) is 4.26. The third-order valence-electron chi connectivity index (χ3n) is 3.44. The first-order valence-corrected chi connectivity index (χ1v) is 8.34. The average molecular weight is 308 g/mol. The molecule has 0 saturated heterocycles. The van der Waals surface area contributed by atoms with E-state index in [4.69, 9.17) is 0 Å². The zero-order valence-electron chi connectivity index (χ0n) is 15.2. The topological polar surface area (TPSA) is 15.4 Å². The number of nitrogens with zero attached hydrogens (tertiary/aromatic N) is 2. The highest BCUT2D eigenvalue weighted by Gasteiger charge is 2.33. The van der Waals surface area contributed by atoms with Crippen LogP contribution < -0.4 is 0 Å². The molecule has 1 rings (SSSR count). The quantitative estimate of drug-likeness (QED) is 0.546. The molecule has 0 atom stereocenters. The minimum Gasteiger partial charge on any atom is -0.263 e. The van der Waals surface area contributed by atoms with Gasteiger partial charge in [0.15, 0.2) is 0 Å². The van der Waals surface area contributed by atoms with Gasteiger partial charge in [-0.3, -0.25) is 4.99 Å². The van der Waals surface area contributed by atoms with Gasteiger partial charge in [-0.2, -0.15) is 0 Å². The third-order valence-corrected chi connectivity index (χ3v) is 4.72. The molecule has 0 aromatic carbocycles. The Bertz CT molecular complexity index is 559. The van der Waals surface area contributed by atoms with E-state index in [0.717, 1.165) is 12.1 Å². The molecule has 0 radical (unpaired) electrons. The van der Waals surface area contributed by atoms with E-state index < -0.39 is 0 Å². The predicted molar refractivity (Wildman–Crippen MR) is 97.1 cm³/mol. The molecule has 0 N–H and O–H groups in total. The van der Waals surface area contributed by atoms with Crippen molar-refractivity contribution < 1.29 is 4.58 Å². The minimum atomic E-state index is 0.0826. The molecule has 0 aliphatic rings. The zero-order chi connectivity index (χ0) is 16.6. The SMILES string of the molecule is C=Nc1c(C(=[N+](C)C)C(C)(C)C)sc(CC(C)(C)C)c1C. The average Bonchev–Trinajstić information content (AvgIpc) is 2.50. The van der Waals surface area contributed by atoms with Crippen LogP contribution in [0.25, 0.3) is 0 Å². The van der Waals surface area contributed by atoms with Gasteiger partial charge < -0.3 is 0 Å². The molecule has 0 fully saturated rings. The Hall–Kier alpha value is -0.960. The van der Waals surface area contributed by atoms with E-state index >= 15 is 0 Å². The van der Waals surface area contributed by atoms with Crippen molar-refractivity contribution in [3.05, 3.63) is 15.3 Å². The summed E-state index contributed by atoms with van der Waals surface area (Å²) in [4.78, 5) is 7.06. The maximum absolute atomic E-state index is 4.35. The molecule has 1 aromatic heterocycles. The summed E-state index contributed by atoms with van der Waals surface area (Å²) in [5.74, 6) is 0. The van der Waals surface area contributed by atoms with Crippen LogP contribution in [-0.4, -0.2) is 31.1 Å². The lowest BCUT2D eigenvalue weighted by atomic mass is 9.87. The summed E-state index contributed by atoms with van der Waals surface area (Å²) in [5.41, 5.74) is 4.06. The Balaban J connectivity index is 3.54. The molecule has 2 nitrogen and oxygen atoms in total. The van der Waals surface area contributed by atoms with E-state index in [2.05, 4.69) is 78.8 Å². The first-order chi connectivity index (χ1) is 9.38. The van der Waals surface area contributed by atoms with Gasteiger partial charge in [0.1, 0.15) is 19.0 Å². The van der Waals surface area contributed by atoms with Gasteiger partial charge in [0, 0.05) is 10.3 Å². The van der Waals surface area contributed by atoms with Crippen LogP contribution in [0.3, 0.4) is 0 Å². The van der Waals surface area contributed by atoms with Gasteiger partial charge in [-0.25, -0.2) is 4.58 Å². The van der Waals surface area contributed by atoms with Crippen molar-refractivity contribution in [2.45, 2.75) is 54.9 Å². The van der Waals surface area contributed by atoms with E-state index in [-0.39, 0.29) is 10.8 Å². The lowest BCUT2D eigenvalue weighted by Crippen LogP contribution is -2.28. The largest absolute Gasteiger partial charge is 0.263 e. The second-order valence-electron chi connectivity index (χ2n) is 8.22. The molecule has 0 spiro atoms. The number of hydrogen-bond donors (Lipinski definition) is 0. The fraction of sp³-hybridized carbons (Fsp3) is 0.667. The van der Waals surface area contributed by atoms with Gasteiger partial charge in [0.2, 0.25) is 5.71 Å². The van der Waals surface area contributed by atoms with Gasteiger partial charge in [-0.15, -0.1) is 11.3 Å². The van der Waals surface area contributed by atoms with Crippen molar-refractivity contribution >= 4 is 29.5 Å². The molecule has 3 heteroatoms. The standard InChI is InChI=1S/C18H31N2S/c1-12-13(11-17(2,3)4)21-15(14(12)19-8)16(20(9)10)18(5,6)7/h8,11H2,1-7,9-10H3/q+1. The molecule has 0 saturated carbocycles. The Morgan fingerprint density at radius 2 is 1.67 bits per heavy atom. The van der Waals surface area contributed by atoms with E-state index in [1.54, 1.807) is 0 Å². The maximum Gasteiger partial charge on any atom is 0.200 e. The summed E-state index contributed by atoms with van der Waals surface area (Å²) in [7, 11) is 4.23. The summed E-state index contributed by atoms with van der Waals surface area (Å²) >= 11 is 1.89. The van der Waals surface area contributed by atoms with E-state index in [9.17, 15) is 0 Å². The van der Waals surface area contributed by atoms with Gasteiger partial charge in [-0.05, 0) is 31.0 Å². The fourth-order valence-corrected chi connectivity index (χ4v) is 4.67. The summed E-state index contributed by atoms with van der Waals surface area (Å²) < 4.78 is 2.22. The van der Waals surface area contributed by atoms with Gasteiger partial charge >= 0.3 is 0 Å². The molecule has 0 unspecified atom stereocenters. The predicted octanol–water partition coefficient (Wildman–Crippen LogP) is 5.08. The number of hydrogen-bond acceptors (Lipinski definition) is 2. The van der Waals surface area contributed by atoms with Gasteiger partial charge in [-0.1, -0.05) is 41.5 Å². The van der Waals surface area contributed by atoms with Crippen LogP contribution in [0.5, 0.6) is 0 Å². The van der Waals surface area contributed by atoms with Crippen LogP contribution in [0, 0.1) is 17.8 Å². The Labute approximate surface area is 134 Å². The summed E-state index contributed by atoms with van der Waals surface area (Å²) in [5, 5.41) is 0. The van der Waals surface area contributed by atoms with Crippen LogP contribution >= 0.6 is 11.3 Å². The van der Waals surface area contributed by atoms with Crippen molar-refractivity contribution in [2.24, 2.45) is 15.8 Å². The number of rotatable bonds is 3. The van der Waals surface area contributed by atoms with Crippen molar-refractivity contribution in [1.29, 1.82) is 0 Å². The van der Waals surface area contributed by atoms with E-state index in [1.165, 1.54) is 21.0 Å². The highest BCUT2D eigenvalue weighted by molar-refractivity contribution is 7.15. The molecular formula is C18H31N2S+. The van der Waals surface area contributed by atoms with Crippen molar-refractivity contribution in [2.75, 3.05) is 14.1 Å². The molecule has 0 bridgehead atoms. The lowest BCUT2D eigenvalue weighted by molar-refractivity contribution is -0.467. The Morgan fingerprint density at radius 1 is 1.14 bits per heavy atom. The van der Waals surface area contributed by atoms with Crippen LogP contribution in [0.1, 0.15) is 56.9 Å². The lowest BCUT2D eigenvalue weighted by Gasteiger charge is -2.18. The number of aliphatic imine (C=N–C) groups is 1. The normalized spacial score (nSPS) is 12.4.